The zero-order valence-corrected chi connectivity index (χ0v) is 19.2. The highest BCUT2D eigenvalue weighted by molar-refractivity contribution is 6.08. The molecule has 8 heteroatoms. The second-order valence-corrected chi connectivity index (χ2v) is 8.65. The highest BCUT2D eigenvalue weighted by Gasteiger charge is 2.23. The summed E-state index contributed by atoms with van der Waals surface area (Å²) in [4.78, 5) is 33.9. The van der Waals surface area contributed by atoms with E-state index in [4.69, 9.17) is 5.11 Å². The van der Waals surface area contributed by atoms with Crippen LogP contribution in [0.4, 0.5) is 0 Å². The quantitative estimate of drug-likeness (QED) is 0.329. The zero-order chi connectivity index (χ0) is 25.1. The van der Waals surface area contributed by atoms with Crippen molar-refractivity contribution < 1.29 is 19.1 Å². The van der Waals surface area contributed by atoms with Crippen LogP contribution in [0.5, 0.6) is 0 Å². The second kappa shape index (κ2) is 9.87. The van der Waals surface area contributed by atoms with E-state index in [2.05, 4.69) is 68.5 Å². The Morgan fingerprint density at radius 3 is 2.58 bits per heavy atom. The summed E-state index contributed by atoms with van der Waals surface area (Å²) in [5.41, 5.74) is 2.76. The molecular formula is C28H23N3O5. The molecule has 0 radical (unpaired) electrons. The maximum atomic E-state index is 12.5. The number of hydrogen-bond acceptors (Lipinski definition) is 5. The van der Waals surface area contributed by atoms with Gasteiger partial charge in [0.25, 0.3) is 11.5 Å². The molecule has 0 bridgehead atoms. The average molecular weight is 482 g/mol. The average Bonchev–Trinajstić information content (AvgIpc) is 3.44. The molecule has 5 aromatic rings. The largest absolute Gasteiger partial charge is 0.478 e. The minimum atomic E-state index is -0.959. The predicted octanol–water partition coefficient (Wildman–Crippen LogP) is 4.34. The van der Waals surface area contributed by atoms with Crippen molar-refractivity contribution in [2.24, 2.45) is 0 Å². The maximum absolute atomic E-state index is 12.5. The van der Waals surface area contributed by atoms with Gasteiger partial charge >= 0.3 is 5.97 Å². The molecule has 3 aromatic carbocycles. The van der Waals surface area contributed by atoms with Crippen molar-refractivity contribution in [3.63, 3.8) is 0 Å². The molecule has 0 fully saturated rings. The molecule has 0 aliphatic heterocycles. The van der Waals surface area contributed by atoms with Gasteiger partial charge in [-0.15, -0.1) is 0 Å². The number of carbonyl (C=O) groups excluding carboxylic acids is 1. The molecular weight excluding hydrogens is 458 g/mol. The Kier molecular flexibility index (Phi) is 6.32. The van der Waals surface area contributed by atoms with Crippen LogP contribution in [-0.4, -0.2) is 33.2 Å². The molecule has 1 aliphatic rings. The van der Waals surface area contributed by atoms with Crippen molar-refractivity contribution in [2.45, 2.75) is 25.3 Å². The molecule has 1 aliphatic carbocycles. The normalized spacial score (nSPS) is 14.5. The molecule has 8 nitrogen and oxygen atoms in total. The lowest BCUT2D eigenvalue weighted by Gasteiger charge is -2.27. The molecule has 2 aromatic heterocycles. The van der Waals surface area contributed by atoms with Crippen LogP contribution in [0.3, 0.4) is 0 Å². The van der Waals surface area contributed by atoms with E-state index in [9.17, 15) is 14.4 Å². The van der Waals surface area contributed by atoms with Gasteiger partial charge in [0, 0.05) is 12.1 Å². The van der Waals surface area contributed by atoms with Crippen LogP contribution in [0.15, 0.2) is 88.6 Å². The Bertz CT molecular complexity index is 1620. The molecule has 6 rings (SSSR count). The SMILES string of the molecule is O=C(N[C@H]1CCc2ccc3c(ccc4ccccc43)c2C1)c1cn[nH]c(=O)c1.O=C(O)c1ccoc1. The van der Waals surface area contributed by atoms with Crippen molar-refractivity contribution in [1.82, 2.24) is 15.5 Å². The summed E-state index contributed by atoms with van der Waals surface area (Å²) in [5, 5.41) is 22.3. The molecule has 36 heavy (non-hydrogen) atoms. The van der Waals surface area contributed by atoms with Gasteiger partial charge in [0.2, 0.25) is 0 Å². The number of H-pyrrole nitrogens is 1. The summed E-state index contributed by atoms with van der Waals surface area (Å²) < 4.78 is 4.49. The number of nitrogens with one attached hydrogen (secondary N) is 2. The van der Waals surface area contributed by atoms with Gasteiger partial charge in [0.1, 0.15) is 6.26 Å². The van der Waals surface area contributed by atoms with Gasteiger partial charge in [0.05, 0.1) is 23.6 Å². The van der Waals surface area contributed by atoms with Gasteiger partial charge in [-0.1, -0.05) is 48.5 Å². The van der Waals surface area contributed by atoms with E-state index in [-0.39, 0.29) is 23.1 Å². The lowest BCUT2D eigenvalue weighted by Crippen LogP contribution is -2.39. The monoisotopic (exact) mass is 481 g/mol. The molecule has 0 spiro atoms. The number of aromatic carboxylic acids is 1. The number of aromatic nitrogens is 2. The minimum Gasteiger partial charge on any atom is -0.478 e. The van der Waals surface area contributed by atoms with Gasteiger partial charge < -0.3 is 14.8 Å². The minimum absolute atomic E-state index is 0.0383. The van der Waals surface area contributed by atoms with E-state index in [0.29, 0.717) is 5.56 Å². The maximum Gasteiger partial charge on any atom is 0.338 e. The summed E-state index contributed by atoms with van der Waals surface area (Å²) in [6.07, 6.45) is 6.49. The number of aryl methyl sites for hydroxylation is 1. The standard InChI is InChI=1S/C23H19N3O2.C5H4O3/c27-22-11-16(13-24-26-22)23(28)25-17-8-5-15-7-9-19-18-4-2-1-3-14(18)6-10-20(19)21(15)12-17;6-5(7)4-1-2-8-3-4/h1-4,6-7,9-11,13,17H,5,8,12H2,(H,25,28)(H,26,27);1-3H,(H,6,7)/t17-;/m0./s1. The molecule has 0 unspecified atom stereocenters. The van der Waals surface area contributed by atoms with E-state index < -0.39 is 5.97 Å². The van der Waals surface area contributed by atoms with Crippen molar-refractivity contribution in [3.8, 4) is 0 Å². The van der Waals surface area contributed by atoms with Crippen LogP contribution < -0.4 is 10.9 Å². The first-order chi connectivity index (χ1) is 17.5. The number of benzene rings is 3. The number of carboxylic acids is 1. The first-order valence-electron chi connectivity index (χ1n) is 11.5. The lowest BCUT2D eigenvalue weighted by molar-refractivity contribution is 0.0695. The highest BCUT2D eigenvalue weighted by atomic mass is 16.4. The molecule has 180 valence electrons. The summed E-state index contributed by atoms with van der Waals surface area (Å²) in [5.74, 6) is -1.21. The van der Waals surface area contributed by atoms with E-state index in [0.717, 1.165) is 19.3 Å². The van der Waals surface area contributed by atoms with Crippen molar-refractivity contribution in [2.75, 3.05) is 0 Å². The van der Waals surface area contributed by atoms with Gasteiger partial charge in [-0.2, -0.15) is 5.10 Å². The van der Waals surface area contributed by atoms with E-state index >= 15 is 0 Å². The third kappa shape index (κ3) is 4.74. The number of fused-ring (bicyclic) bond motifs is 5. The van der Waals surface area contributed by atoms with Gasteiger partial charge in [-0.05, 0) is 58.0 Å². The topological polar surface area (TPSA) is 125 Å². The van der Waals surface area contributed by atoms with Gasteiger partial charge in [-0.25, -0.2) is 9.89 Å². The van der Waals surface area contributed by atoms with Crippen LogP contribution in [0.25, 0.3) is 21.5 Å². The van der Waals surface area contributed by atoms with E-state index in [1.807, 2.05) is 0 Å². The number of nitrogens with zero attached hydrogens (tertiary/aromatic N) is 1. The molecule has 2 heterocycles. The van der Waals surface area contributed by atoms with E-state index in [1.165, 1.54) is 63.5 Å². The Morgan fingerprint density at radius 1 is 1.00 bits per heavy atom. The summed E-state index contributed by atoms with van der Waals surface area (Å²) in [7, 11) is 0. The van der Waals surface area contributed by atoms with Crippen LogP contribution in [0.1, 0.15) is 38.3 Å². The zero-order valence-electron chi connectivity index (χ0n) is 19.2. The predicted molar refractivity (Wildman–Crippen MR) is 135 cm³/mol. The third-order valence-corrected chi connectivity index (χ3v) is 6.38. The first kappa shape index (κ1) is 23.0. The Balaban J connectivity index is 0.000000286. The first-order valence-corrected chi connectivity index (χ1v) is 11.5. The third-order valence-electron chi connectivity index (χ3n) is 6.38. The van der Waals surface area contributed by atoms with Gasteiger partial charge in [0.15, 0.2) is 0 Å². The van der Waals surface area contributed by atoms with Crippen molar-refractivity contribution >= 4 is 33.4 Å². The van der Waals surface area contributed by atoms with Crippen molar-refractivity contribution in [1.29, 1.82) is 0 Å². The Hall–Kier alpha value is -4.72. The highest BCUT2D eigenvalue weighted by Crippen LogP contribution is 2.33. The summed E-state index contributed by atoms with van der Waals surface area (Å²) in [6.45, 7) is 0. The van der Waals surface area contributed by atoms with Crippen molar-refractivity contribution in [3.05, 3.63) is 112 Å². The van der Waals surface area contributed by atoms with Gasteiger partial charge in [-0.3, -0.25) is 9.59 Å². The molecule has 3 N–H and O–H groups in total. The number of carboxylic acid groups (broad SMARTS) is 1. The fourth-order valence-electron chi connectivity index (χ4n) is 4.63. The number of rotatable bonds is 3. The summed E-state index contributed by atoms with van der Waals surface area (Å²) in [6, 6.07) is 19.9. The fourth-order valence-corrected chi connectivity index (χ4v) is 4.63. The number of aromatic amines is 1. The molecule has 1 amide bonds. The smallest absolute Gasteiger partial charge is 0.338 e. The number of hydrogen-bond donors (Lipinski definition) is 3. The lowest BCUT2D eigenvalue weighted by atomic mass is 9.84. The number of carbonyl (C=O) groups is 2. The van der Waals surface area contributed by atoms with Crippen LogP contribution in [0.2, 0.25) is 0 Å². The Morgan fingerprint density at radius 2 is 1.83 bits per heavy atom. The van der Waals surface area contributed by atoms with E-state index in [1.54, 1.807) is 0 Å². The second-order valence-electron chi connectivity index (χ2n) is 8.65. The fraction of sp³-hybridized carbons (Fsp3) is 0.143. The Labute approximate surface area is 205 Å². The molecule has 1 atom stereocenters. The van der Waals surface area contributed by atoms with Crippen LogP contribution in [0, 0.1) is 0 Å². The van der Waals surface area contributed by atoms with Crippen LogP contribution in [-0.2, 0) is 12.8 Å². The molecule has 0 saturated heterocycles. The van der Waals surface area contributed by atoms with Crippen LogP contribution >= 0.6 is 0 Å². The number of furan rings is 1. The molecule has 0 saturated carbocycles. The number of amides is 1. The summed E-state index contributed by atoms with van der Waals surface area (Å²) >= 11 is 0.